The van der Waals surface area contributed by atoms with Crippen LogP contribution in [0.4, 0.5) is 5.82 Å². The second kappa shape index (κ2) is 7.59. The van der Waals surface area contributed by atoms with Gasteiger partial charge >= 0.3 is 0 Å². The van der Waals surface area contributed by atoms with Gasteiger partial charge in [-0.15, -0.1) is 0 Å². The van der Waals surface area contributed by atoms with Crippen molar-refractivity contribution in [1.29, 1.82) is 0 Å². The molecule has 5 nitrogen and oxygen atoms in total. The Morgan fingerprint density at radius 1 is 1.30 bits per heavy atom. The Labute approximate surface area is 138 Å². The number of carbonyl (C=O) groups excluding carboxylic acids is 1. The average molecular weight is 314 g/mol. The fourth-order valence-corrected chi connectivity index (χ4v) is 3.14. The van der Waals surface area contributed by atoms with Gasteiger partial charge in [0, 0.05) is 44.8 Å². The lowest BCUT2D eigenvalue weighted by Gasteiger charge is -2.33. The molecule has 1 atom stereocenters. The topological polar surface area (TPSA) is 48.5 Å². The van der Waals surface area contributed by atoms with E-state index in [-0.39, 0.29) is 11.8 Å². The minimum Gasteiger partial charge on any atom is -0.354 e. The third kappa shape index (κ3) is 4.32. The second-order valence-corrected chi connectivity index (χ2v) is 6.51. The van der Waals surface area contributed by atoms with Crippen LogP contribution in [0.5, 0.6) is 0 Å². The molecule has 0 bridgehead atoms. The summed E-state index contributed by atoms with van der Waals surface area (Å²) in [6.07, 6.45) is 8.97. The van der Waals surface area contributed by atoms with Crippen LogP contribution in [0.3, 0.4) is 0 Å². The van der Waals surface area contributed by atoms with Gasteiger partial charge in [0.1, 0.15) is 5.82 Å². The molecule has 2 aliphatic rings. The number of carbonyl (C=O) groups is 1. The number of amides is 1. The first kappa shape index (κ1) is 16.0. The zero-order chi connectivity index (χ0) is 16.1. The van der Waals surface area contributed by atoms with Gasteiger partial charge in [-0.05, 0) is 44.0 Å². The van der Waals surface area contributed by atoms with Crippen molar-refractivity contribution >= 4 is 11.7 Å². The number of hydrogen-bond acceptors (Lipinski definition) is 4. The number of anilines is 1. The molecule has 124 valence electrons. The van der Waals surface area contributed by atoms with Crippen LogP contribution in [0.1, 0.15) is 24.8 Å². The first-order valence-electron chi connectivity index (χ1n) is 8.53. The molecular formula is C18H26N4O. The number of nitrogens with one attached hydrogen (secondary N) is 1. The van der Waals surface area contributed by atoms with E-state index in [1.54, 1.807) is 0 Å². The number of pyridine rings is 1. The van der Waals surface area contributed by atoms with Crippen LogP contribution < -0.4 is 10.2 Å². The lowest BCUT2D eigenvalue weighted by Crippen LogP contribution is -2.44. The molecule has 1 aliphatic carbocycles. The van der Waals surface area contributed by atoms with E-state index in [1.165, 1.54) is 0 Å². The molecule has 0 aromatic carbocycles. The molecule has 1 N–H and O–H groups in total. The SMILES string of the molecule is CN1CCN(c2cc(CNC(=O)C3CC=CCC3)ccn2)CC1. The Kier molecular flexibility index (Phi) is 5.28. The number of allylic oxidation sites excluding steroid dienone is 2. The molecule has 0 saturated carbocycles. The van der Waals surface area contributed by atoms with Gasteiger partial charge in [-0.25, -0.2) is 4.98 Å². The number of hydrogen-bond donors (Lipinski definition) is 1. The molecule has 1 amide bonds. The highest BCUT2D eigenvalue weighted by Crippen LogP contribution is 2.19. The van der Waals surface area contributed by atoms with Crippen molar-refractivity contribution in [3.8, 4) is 0 Å². The summed E-state index contributed by atoms with van der Waals surface area (Å²) in [5.41, 5.74) is 1.12. The van der Waals surface area contributed by atoms with Crippen molar-refractivity contribution in [3.63, 3.8) is 0 Å². The van der Waals surface area contributed by atoms with Crippen molar-refractivity contribution in [2.45, 2.75) is 25.8 Å². The minimum absolute atomic E-state index is 0.138. The first-order chi connectivity index (χ1) is 11.2. The maximum absolute atomic E-state index is 12.2. The predicted molar refractivity (Wildman–Crippen MR) is 92.3 cm³/mol. The Morgan fingerprint density at radius 2 is 2.13 bits per heavy atom. The fourth-order valence-electron chi connectivity index (χ4n) is 3.14. The zero-order valence-electron chi connectivity index (χ0n) is 13.9. The molecule has 3 rings (SSSR count). The zero-order valence-corrected chi connectivity index (χ0v) is 13.9. The van der Waals surface area contributed by atoms with Crippen molar-refractivity contribution in [2.24, 2.45) is 5.92 Å². The third-order valence-electron chi connectivity index (χ3n) is 4.74. The van der Waals surface area contributed by atoms with Crippen LogP contribution in [-0.2, 0) is 11.3 Å². The third-order valence-corrected chi connectivity index (χ3v) is 4.74. The van der Waals surface area contributed by atoms with Gasteiger partial charge in [-0.1, -0.05) is 12.2 Å². The molecule has 1 aromatic heterocycles. The van der Waals surface area contributed by atoms with Gasteiger partial charge in [0.05, 0.1) is 0 Å². The van der Waals surface area contributed by atoms with E-state index < -0.39 is 0 Å². The average Bonchev–Trinajstić information content (AvgIpc) is 2.61. The van der Waals surface area contributed by atoms with E-state index in [9.17, 15) is 4.79 Å². The lowest BCUT2D eigenvalue weighted by atomic mass is 9.93. The smallest absolute Gasteiger partial charge is 0.223 e. The number of likely N-dealkylation sites (N-methyl/N-ethyl adjacent to an activating group) is 1. The molecule has 1 aliphatic heterocycles. The highest BCUT2D eigenvalue weighted by atomic mass is 16.1. The first-order valence-corrected chi connectivity index (χ1v) is 8.53. The lowest BCUT2D eigenvalue weighted by molar-refractivity contribution is -0.125. The van der Waals surface area contributed by atoms with Crippen molar-refractivity contribution in [2.75, 3.05) is 38.1 Å². The molecule has 0 radical (unpaired) electrons. The maximum atomic E-state index is 12.2. The van der Waals surface area contributed by atoms with Gasteiger partial charge in [-0.2, -0.15) is 0 Å². The molecule has 2 heterocycles. The highest BCUT2D eigenvalue weighted by Gasteiger charge is 2.19. The number of nitrogens with zero attached hydrogens (tertiary/aromatic N) is 3. The summed E-state index contributed by atoms with van der Waals surface area (Å²) in [5.74, 6) is 1.33. The normalized spacial score (nSPS) is 22.1. The second-order valence-electron chi connectivity index (χ2n) is 6.51. The number of rotatable bonds is 4. The summed E-state index contributed by atoms with van der Waals surface area (Å²) >= 11 is 0. The summed E-state index contributed by atoms with van der Waals surface area (Å²) in [7, 11) is 2.15. The van der Waals surface area contributed by atoms with E-state index in [1.807, 2.05) is 12.3 Å². The standard InChI is InChI=1S/C18H26N4O/c1-21-9-11-22(12-10-21)17-13-15(7-8-19-17)14-20-18(23)16-5-3-2-4-6-16/h2-3,7-8,13,16H,4-6,9-12,14H2,1H3,(H,20,23). The monoisotopic (exact) mass is 314 g/mol. The molecule has 1 unspecified atom stereocenters. The number of piperazine rings is 1. The van der Waals surface area contributed by atoms with Crippen LogP contribution in [0.25, 0.3) is 0 Å². The largest absolute Gasteiger partial charge is 0.354 e. The van der Waals surface area contributed by atoms with E-state index in [4.69, 9.17) is 0 Å². The van der Waals surface area contributed by atoms with E-state index in [0.29, 0.717) is 6.54 Å². The maximum Gasteiger partial charge on any atom is 0.223 e. The van der Waals surface area contributed by atoms with Crippen LogP contribution in [-0.4, -0.2) is 49.0 Å². The molecule has 0 spiro atoms. The Bertz CT molecular complexity index is 564. The molecule has 1 fully saturated rings. The highest BCUT2D eigenvalue weighted by molar-refractivity contribution is 5.79. The summed E-state index contributed by atoms with van der Waals surface area (Å²) < 4.78 is 0. The summed E-state index contributed by atoms with van der Waals surface area (Å²) in [6, 6.07) is 4.09. The summed E-state index contributed by atoms with van der Waals surface area (Å²) in [4.78, 5) is 21.4. The molecule has 23 heavy (non-hydrogen) atoms. The molecule has 1 saturated heterocycles. The van der Waals surface area contributed by atoms with E-state index >= 15 is 0 Å². The van der Waals surface area contributed by atoms with Crippen LogP contribution in [0.15, 0.2) is 30.5 Å². The summed E-state index contributed by atoms with van der Waals surface area (Å²) in [6.45, 7) is 4.74. The Balaban J connectivity index is 1.55. The quantitative estimate of drug-likeness (QED) is 0.861. The Hall–Kier alpha value is -1.88. The van der Waals surface area contributed by atoms with Crippen LogP contribution in [0, 0.1) is 5.92 Å². The van der Waals surface area contributed by atoms with Crippen molar-refractivity contribution in [3.05, 3.63) is 36.0 Å². The molecule has 5 heteroatoms. The van der Waals surface area contributed by atoms with Crippen molar-refractivity contribution < 1.29 is 4.79 Å². The number of aromatic nitrogens is 1. The van der Waals surface area contributed by atoms with Crippen LogP contribution >= 0.6 is 0 Å². The minimum atomic E-state index is 0.138. The van der Waals surface area contributed by atoms with Gasteiger partial charge in [0.25, 0.3) is 0 Å². The summed E-state index contributed by atoms with van der Waals surface area (Å²) in [5, 5.41) is 3.08. The molecular weight excluding hydrogens is 288 g/mol. The molecule has 1 aromatic rings. The van der Waals surface area contributed by atoms with Gasteiger partial charge < -0.3 is 15.1 Å². The fraction of sp³-hybridized carbons (Fsp3) is 0.556. The van der Waals surface area contributed by atoms with E-state index in [0.717, 1.165) is 56.8 Å². The predicted octanol–water partition coefficient (Wildman–Crippen LogP) is 1.81. The van der Waals surface area contributed by atoms with Gasteiger partial charge in [0.15, 0.2) is 0 Å². The van der Waals surface area contributed by atoms with Gasteiger partial charge in [-0.3, -0.25) is 4.79 Å². The van der Waals surface area contributed by atoms with Gasteiger partial charge in [0.2, 0.25) is 5.91 Å². The van der Waals surface area contributed by atoms with Crippen LogP contribution in [0.2, 0.25) is 0 Å². The Morgan fingerprint density at radius 3 is 2.87 bits per heavy atom. The van der Waals surface area contributed by atoms with E-state index in [2.05, 4.69) is 45.4 Å². The van der Waals surface area contributed by atoms with Crippen molar-refractivity contribution in [1.82, 2.24) is 15.2 Å².